The highest BCUT2D eigenvalue weighted by Gasteiger charge is 2.20. The molecule has 1 aromatic carbocycles. The molecule has 0 saturated heterocycles. The molecular weight excluding hydrogens is 396 g/mol. The minimum atomic E-state index is 0.264. The summed E-state index contributed by atoms with van der Waals surface area (Å²) in [5.41, 5.74) is 8.97. The van der Waals surface area contributed by atoms with Crippen LogP contribution in [0.1, 0.15) is 70.2 Å². The van der Waals surface area contributed by atoms with Crippen LogP contribution in [-0.2, 0) is 0 Å². The first-order valence-electron chi connectivity index (χ1n) is 11.4. The zero-order valence-corrected chi connectivity index (χ0v) is 20.2. The first-order chi connectivity index (χ1) is 15.1. The van der Waals surface area contributed by atoms with E-state index in [1.54, 1.807) is 6.33 Å². The molecule has 4 aromatic rings. The zero-order chi connectivity index (χ0) is 23.0. The van der Waals surface area contributed by atoms with Crippen molar-refractivity contribution in [2.75, 3.05) is 6.54 Å². The minimum Gasteiger partial charge on any atom is -0.310 e. The van der Waals surface area contributed by atoms with Crippen molar-refractivity contribution < 1.29 is 0 Å². The van der Waals surface area contributed by atoms with E-state index in [9.17, 15) is 0 Å². The lowest BCUT2D eigenvalue weighted by atomic mass is 9.93. The highest BCUT2D eigenvalue weighted by molar-refractivity contribution is 5.75. The Balaban J connectivity index is 1.66. The van der Waals surface area contributed by atoms with Crippen molar-refractivity contribution in [1.29, 1.82) is 0 Å². The summed E-state index contributed by atoms with van der Waals surface area (Å²) in [4.78, 5) is 4.33. The van der Waals surface area contributed by atoms with Crippen LogP contribution in [0, 0.1) is 12.3 Å². The maximum atomic E-state index is 4.73. The lowest BCUT2D eigenvalue weighted by Crippen LogP contribution is -2.29. The Morgan fingerprint density at radius 2 is 1.78 bits per heavy atom. The molecule has 0 aliphatic carbocycles. The third-order valence-electron chi connectivity index (χ3n) is 5.85. The van der Waals surface area contributed by atoms with Crippen molar-refractivity contribution in [2.24, 2.45) is 5.41 Å². The number of aromatic amines is 1. The Kier molecular flexibility index (Phi) is 5.91. The van der Waals surface area contributed by atoms with Crippen LogP contribution in [0.3, 0.4) is 0 Å². The van der Waals surface area contributed by atoms with E-state index in [0.717, 1.165) is 40.3 Å². The summed E-state index contributed by atoms with van der Waals surface area (Å²) in [6.45, 7) is 16.4. The van der Waals surface area contributed by atoms with Crippen LogP contribution in [0.15, 0.2) is 42.9 Å². The summed E-state index contributed by atoms with van der Waals surface area (Å²) in [5, 5.41) is 16.0. The summed E-state index contributed by atoms with van der Waals surface area (Å²) < 4.78 is 1.82. The molecule has 0 amide bonds. The second-order valence-electron chi connectivity index (χ2n) is 10.2. The quantitative estimate of drug-likeness (QED) is 0.399. The number of fused-ring (bicyclic) bond motifs is 1. The van der Waals surface area contributed by atoms with E-state index in [2.05, 4.69) is 99.3 Å². The van der Waals surface area contributed by atoms with Crippen LogP contribution < -0.4 is 5.32 Å². The highest BCUT2D eigenvalue weighted by Crippen LogP contribution is 2.36. The maximum absolute atomic E-state index is 4.73. The molecule has 0 aliphatic rings. The topological polar surface area (TPSA) is 70.9 Å². The number of H-pyrrole nitrogens is 1. The van der Waals surface area contributed by atoms with Crippen LogP contribution in [0.25, 0.3) is 28.2 Å². The van der Waals surface area contributed by atoms with Crippen molar-refractivity contribution in [3.8, 4) is 22.5 Å². The molecule has 0 bridgehead atoms. The van der Waals surface area contributed by atoms with Gasteiger partial charge in [-0.3, -0.25) is 5.10 Å². The van der Waals surface area contributed by atoms with Gasteiger partial charge in [0.2, 0.25) is 0 Å². The lowest BCUT2D eigenvalue weighted by molar-refractivity contribution is 0.359. The lowest BCUT2D eigenvalue weighted by Gasteiger charge is -2.23. The van der Waals surface area contributed by atoms with Gasteiger partial charge in [0.05, 0.1) is 11.4 Å². The molecular formula is C26H34N6. The smallest absolute Gasteiger partial charge is 0.158 e. The maximum Gasteiger partial charge on any atom is 0.158 e. The molecule has 1 atom stereocenters. The first kappa shape index (κ1) is 22.2. The molecule has 0 saturated carbocycles. The number of pyridine rings is 1. The molecule has 6 nitrogen and oxygen atoms in total. The Morgan fingerprint density at radius 3 is 2.44 bits per heavy atom. The van der Waals surface area contributed by atoms with Crippen molar-refractivity contribution in [3.05, 3.63) is 59.5 Å². The third kappa shape index (κ3) is 4.46. The molecule has 4 rings (SSSR count). The van der Waals surface area contributed by atoms with Gasteiger partial charge >= 0.3 is 0 Å². The van der Waals surface area contributed by atoms with Gasteiger partial charge in [0.15, 0.2) is 5.65 Å². The van der Waals surface area contributed by atoms with E-state index in [-0.39, 0.29) is 5.41 Å². The number of benzene rings is 1. The summed E-state index contributed by atoms with van der Waals surface area (Å²) in [5.74, 6) is 0.317. The van der Waals surface area contributed by atoms with Gasteiger partial charge in [-0.15, -0.1) is 0 Å². The number of nitrogens with one attached hydrogen (secondary N) is 2. The van der Waals surface area contributed by atoms with Crippen LogP contribution in [0.5, 0.6) is 0 Å². The number of aromatic nitrogens is 5. The number of aryl methyl sites for hydroxylation is 1. The van der Waals surface area contributed by atoms with Gasteiger partial charge < -0.3 is 5.32 Å². The normalized spacial score (nSPS) is 13.2. The molecule has 0 spiro atoms. The SMILES string of the molecule is Cc1cc(-c2n[nH]c(-c3ccc(C(C)NCC(C)(C)C)cc3)c2C(C)C)cn2ncnc12. The number of rotatable bonds is 6. The van der Waals surface area contributed by atoms with Crippen molar-refractivity contribution >= 4 is 5.65 Å². The standard InChI is InChI=1S/C26H34N6/c1-16(2)22-23(20-10-8-19(9-11-20)18(4)27-14-26(5,6)7)30-31-24(22)21-12-17(3)25-28-15-29-32(25)13-21/h8-13,15-16,18,27H,14H2,1-7H3,(H,30,31). The van der Waals surface area contributed by atoms with Gasteiger partial charge in [0.1, 0.15) is 6.33 Å². The Hall–Kier alpha value is -2.99. The van der Waals surface area contributed by atoms with Gasteiger partial charge in [0, 0.05) is 29.9 Å². The predicted molar refractivity (Wildman–Crippen MR) is 131 cm³/mol. The van der Waals surface area contributed by atoms with E-state index in [1.165, 1.54) is 11.1 Å². The summed E-state index contributed by atoms with van der Waals surface area (Å²) in [6.07, 6.45) is 3.59. The molecule has 0 fully saturated rings. The van der Waals surface area contributed by atoms with E-state index in [0.29, 0.717) is 12.0 Å². The number of hydrogen-bond donors (Lipinski definition) is 2. The van der Waals surface area contributed by atoms with Crippen LogP contribution in [0.4, 0.5) is 0 Å². The average molecular weight is 431 g/mol. The van der Waals surface area contributed by atoms with Gasteiger partial charge in [-0.05, 0) is 47.9 Å². The molecule has 2 N–H and O–H groups in total. The fourth-order valence-electron chi connectivity index (χ4n) is 4.09. The van der Waals surface area contributed by atoms with E-state index in [1.807, 2.05) is 10.7 Å². The number of nitrogens with zero attached hydrogens (tertiary/aromatic N) is 4. The highest BCUT2D eigenvalue weighted by atomic mass is 15.3. The second-order valence-corrected chi connectivity index (χ2v) is 10.2. The molecule has 168 valence electrons. The minimum absolute atomic E-state index is 0.264. The molecule has 0 radical (unpaired) electrons. The molecule has 32 heavy (non-hydrogen) atoms. The molecule has 1 unspecified atom stereocenters. The molecule has 3 heterocycles. The fourth-order valence-corrected chi connectivity index (χ4v) is 4.09. The largest absolute Gasteiger partial charge is 0.310 e. The third-order valence-corrected chi connectivity index (χ3v) is 5.85. The van der Waals surface area contributed by atoms with E-state index in [4.69, 9.17) is 5.10 Å². The van der Waals surface area contributed by atoms with E-state index < -0.39 is 0 Å². The molecule has 0 aliphatic heterocycles. The van der Waals surface area contributed by atoms with Gasteiger partial charge in [-0.2, -0.15) is 10.2 Å². The van der Waals surface area contributed by atoms with Crippen molar-refractivity contribution in [1.82, 2.24) is 30.1 Å². The monoisotopic (exact) mass is 430 g/mol. The zero-order valence-electron chi connectivity index (χ0n) is 20.2. The van der Waals surface area contributed by atoms with Crippen molar-refractivity contribution in [2.45, 2.75) is 60.4 Å². The number of hydrogen-bond acceptors (Lipinski definition) is 4. The first-order valence-corrected chi connectivity index (χ1v) is 11.4. The van der Waals surface area contributed by atoms with Gasteiger partial charge in [0.25, 0.3) is 0 Å². The predicted octanol–water partition coefficient (Wildman–Crippen LogP) is 5.91. The summed E-state index contributed by atoms with van der Waals surface area (Å²) >= 11 is 0. The summed E-state index contributed by atoms with van der Waals surface area (Å²) in [7, 11) is 0. The van der Waals surface area contributed by atoms with Crippen LogP contribution >= 0.6 is 0 Å². The summed E-state index contributed by atoms with van der Waals surface area (Å²) in [6, 6.07) is 11.3. The van der Waals surface area contributed by atoms with Gasteiger partial charge in [-0.1, -0.05) is 58.9 Å². The average Bonchev–Trinajstić information content (AvgIpc) is 3.39. The van der Waals surface area contributed by atoms with Crippen LogP contribution in [-0.4, -0.2) is 31.3 Å². The fraction of sp³-hybridized carbons (Fsp3) is 0.423. The Bertz CT molecular complexity index is 1210. The van der Waals surface area contributed by atoms with Crippen molar-refractivity contribution in [3.63, 3.8) is 0 Å². The van der Waals surface area contributed by atoms with Gasteiger partial charge in [-0.25, -0.2) is 9.50 Å². The van der Waals surface area contributed by atoms with Crippen LogP contribution in [0.2, 0.25) is 0 Å². The Morgan fingerprint density at radius 1 is 1.06 bits per heavy atom. The second kappa shape index (κ2) is 8.51. The molecule has 3 aromatic heterocycles. The van der Waals surface area contributed by atoms with E-state index >= 15 is 0 Å². The molecule has 6 heteroatoms. The Labute approximate surface area is 190 Å².